The summed E-state index contributed by atoms with van der Waals surface area (Å²) < 4.78 is 12.1. The largest absolute Gasteiger partial charge is 0.460 e. The lowest BCUT2D eigenvalue weighted by Gasteiger charge is -2.45. The zero-order valence-electron chi connectivity index (χ0n) is 14.5. The van der Waals surface area contributed by atoms with Gasteiger partial charge in [-0.3, -0.25) is 4.79 Å². The lowest BCUT2D eigenvalue weighted by atomic mass is 9.83. The van der Waals surface area contributed by atoms with Crippen LogP contribution in [0, 0.1) is 0 Å². The summed E-state index contributed by atoms with van der Waals surface area (Å²) in [5.74, 6) is -0.0262. The van der Waals surface area contributed by atoms with E-state index in [9.17, 15) is 4.79 Å². The maximum absolute atomic E-state index is 12.5. The average Bonchev–Trinajstić information content (AvgIpc) is 2.70. The lowest BCUT2D eigenvalue weighted by Crippen LogP contribution is -2.52. The zero-order valence-corrected chi connectivity index (χ0v) is 14.5. The number of hydrogen-bond acceptors (Lipinski definition) is 7. The number of aromatic nitrogens is 4. The molecule has 0 aliphatic carbocycles. The van der Waals surface area contributed by atoms with Crippen molar-refractivity contribution in [3.63, 3.8) is 0 Å². The van der Waals surface area contributed by atoms with Crippen molar-refractivity contribution in [2.75, 3.05) is 19.7 Å². The Bertz CT molecular complexity index is 735. The maximum atomic E-state index is 12.5. The van der Waals surface area contributed by atoms with E-state index in [4.69, 9.17) is 9.47 Å². The number of likely N-dealkylation sites (tertiary alicyclic amines) is 1. The summed E-state index contributed by atoms with van der Waals surface area (Å²) in [4.78, 5) is 30.5. The first kappa shape index (κ1) is 16.8. The minimum absolute atomic E-state index is 0.0262. The molecule has 136 valence electrons. The average molecular weight is 355 g/mol. The van der Waals surface area contributed by atoms with Crippen LogP contribution in [0.5, 0.6) is 6.01 Å². The lowest BCUT2D eigenvalue weighted by molar-refractivity contribution is -0.136. The molecule has 1 spiro atoms. The molecule has 8 nitrogen and oxygen atoms in total. The van der Waals surface area contributed by atoms with E-state index in [0.29, 0.717) is 31.3 Å². The van der Waals surface area contributed by atoms with Gasteiger partial charge in [-0.05, 0) is 18.9 Å². The fourth-order valence-corrected chi connectivity index (χ4v) is 3.64. The van der Waals surface area contributed by atoms with E-state index in [1.54, 1.807) is 30.9 Å². The Morgan fingerprint density at radius 3 is 2.65 bits per heavy atom. The molecule has 2 aliphatic heterocycles. The van der Waals surface area contributed by atoms with Crippen molar-refractivity contribution in [3.05, 3.63) is 42.7 Å². The van der Waals surface area contributed by atoms with Crippen LogP contribution in [0.2, 0.25) is 0 Å². The van der Waals surface area contributed by atoms with Gasteiger partial charge in [0, 0.05) is 50.7 Å². The highest BCUT2D eigenvalue weighted by Crippen LogP contribution is 2.36. The summed E-state index contributed by atoms with van der Waals surface area (Å²) in [6.45, 7) is 1.96. The third kappa shape index (κ3) is 3.65. The zero-order chi connectivity index (χ0) is 17.8. The molecule has 1 unspecified atom stereocenters. The molecule has 1 atom stereocenters. The van der Waals surface area contributed by atoms with Gasteiger partial charge in [0.05, 0.1) is 17.8 Å². The molecule has 2 fully saturated rings. The van der Waals surface area contributed by atoms with Gasteiger partial charge in [0.15, 0.2) is 0 Å². The van der Waals surface area contributed by atoms with Crippen LogP contribution in [0.1, 0.15) is 36.0 Å². The quantitative estimate of drug-likeness (QED) is 0.824. The monoisotopic (exact) mass is 355 g/mol. The standard InChI is InChI=1S/C18H21N5O3/c24-16(14-11-19-13-20-12-14)23-7-3-18(4-8-23)10-15(2-9-25-18)26-17-21-5-1-6-22-17/h1,5-6,11-13,15H,2-4,7-10H2. The van der Waals surface area contributed by atoms with Crippen LogP contribution < -0.4 is 4.74 Å². The molecule has 2 aromatic rings. The minimum atomic E-state index is -0.234. The number of rotatable bonds is 3. The highest BCUT2D eigenvalue weighted by atomic mass is 16.5. The Morgan fingerprint density at radius 2 is 1.92 bits per heavy atom. The molecule has 0 bridgehead atoms. The van der Waals surface area contributed by atoms with E-state index in [-0.39, 0.29) is 17.6 Å². The second kappa shape index (κ2) is 7.33. The van der Waals surface area contributed by atoms with Crippen LogP contribution in [0.4, 0.5) is 0 Å². The molecular formula is C18H21N5O3. The third-order valence-corrected chi connectivity index (χ3v) is 5.03. The molecule has 4 heterocycles. The fourth-order valence-electron chi connectivity index (χ4n) is 3.64. The first-order valence-corrected chi connectivity index (χ1v) is 8.86. The second-order valence-electron chi connectivity index (χ2n) is 6.71. The molecule has 4 rings (SSSR count). The maximum Gasteiger partial charge on any atom is 0.316 e. The van der Waals surface area contributed by atoms with Crippen molar-refractivity contribution in [2.45, 2.75) is 37.4 Å². The molecule has 2 aliphatic rings. The number of hydrogen-bond donors (Lipinski definition) is 0. The van der Waals surface area contributed by atoms with Gasteiger partial charge in [0.2, 0.25) is 0 Å². The fraction of sp³-hybridized carbons (Fsp3) is 0.500. The van der Waals surface area contributed by atoms with E-state index in [0.717, 1.165) is 25.7 Å². The number of carbonyl (C=O) groups is 1. The summed E-state index contributed by atoms with van der Waals surface area (Å²) in [6.07, 6.45) is 11.1. The van der Waals surface area contributed by atoms with Crippen LogP contribution in [0.25, 0.3) is 0 Å². The predicted octanol–water partition coefficient (Wildman–Crippen LogP) is 1.50. The van der Waals surface area contributed by atoms with Crippen LogP contribution in [-0.2, 0) is 4.74 Å². The van der Waals surface area contributed by atoms with Gasteiger partial charge in [-0.1, -0.05) is 0 Å². The van der Waals surface area contributed by atoms with E-state index in [2.05, 4.69) is 19.9 Å². The Balaban J connectivity index is 1.36. The number of ether oxygens (including phenoxy) is 2. The number of piperidine rings is 1. The molecule has 2 saturated heterocycles. The molecule has 1 amide bonds. The molecule has 0 radical (unpaired) electrons. The normalized spacial score (nSPS) is 22.2. The van der Waals surface area contributed by atoms with E-state index in [1.165, 1.54) is 6.33 Å². The van der Waals surface area contributed by atoms with Gasteiger partial charge in [-0.2, -0.15) is 0 Å². The summed E-state index contributed by atoms with van der Waals surface area (Å²) in [5, 5.41) is 0. The molecule has 0 saturated carbocycles. The van der Waals surface area contributed by atoms with E-state index in [1.807, 2.05) is 4.90 Å². The molecular weight excluding hydrogens is 334 g/mol. The van der Waals surface area contributed by atoms with Crippen molar-refractivity contribution >= 4 is 5.91 Å². The summed E-state index contributed by atoms with van der Waals surface area (Å²) in [7, 11) is 0. The third-order valence-electron chi connectivity index (χ3n) is 5.03. The highest BCUT2D eigenvalue weighted by molar-refractivity contribution is 5.93. The number of carbonyl (C=O) groups excluding carboxylic acids is 1. The molecule has 2 aromatic heterocycles. The SMILES string of the molecule is O=C(c1cncnc1)N1CCC2(CC1)CC(Oc1ncccn1)CCO2. The molecule has 8 heteroatoms. The molecule has 0 aromatic carbocycles. The summed E-state index contributed by atoms with van der Waals surface area (Å²) in [5.41, 5.74) is 0.289. The van der Waals surface area contributed by atoms with Crippen LogP contribution in [-0.4, -0.2) is 62.1 Å². The Labute approximate surface area is 151 Å². The van der Waals surface area contributed by atoms with Gasteiger partial charge in [0.25, 0.3) is 5.91 Å². The molecule has 0 N–H and O–H groups in total. The number of amides is 1. The van der Waals surface area contributed by atoms with Crippen molar-refractivity contribution in [1.82, 2.24) is 24.8 Å². The Kier molecular flexibility index (Phi) is 4.75. The van der Waals surface area contributed by atoms with E-state index < -0.39 is 0 Å². The van der Waals surface area contributed by atoms with Crippen molar-refractivity contribution in [1.29, 1.82) is 0 Å². The summed E-state index contributed by atoms with van der Waals surface area (Å²) in [6, 6.07) is 2.18. The Morgan fingerprint density at radius 1 is 1.19 bits per heavy atom. The van der Waals surface area contributed by atoms with Crippen LogP contribution in [0.3, 0.4) is 0 Å². The van der Waals surface area contributed by atoms with Gasteiger partial charge in [-0.15, -0.1) is 0 Å². The topological polar surface area (TPSA) is 90.3 Å². The minimum Gasteiger partial charge on any atom is -0.460 e. The second-order valence-corrected chi connectivity index (χ2v) is 6.71. The first-order chi connectivity index (χ1) is 12.7. The first-order valence-electron chi connectivity index (χ1n) is 8.86. The molecule has 26 heavy (non-hydrogen) atoms. The van der Waals surface area contributed by atoms with Gasteiger partial charge >= 0.3 is 6.01 Å². The van der Waals surface area contributed by atoms with Crippen molar-refractivity contribution in [2.24, 2.45) is 0 Å². The Hall–Kier alpha value is -2.61. The van der Waals surface area contributed by atoms with Crippen LogP contribution >= 0.6 is 0 Å². The number of nitrogens with zero attached hydrogens (tertiary/aromatic N) is 5. The smallest absolute Gasteiger partial charge is 0.316 e. The van der Waals surface area contributed by atoms with Crippen LogP contribution in [0.15, 0.2) is 37.2 Å². The van der Waals surface area contributed by atoms with Crippen molar-refractivity contribution < 1.29 is 14.3 Å². The summed E-state index contributed by atoms with van der Waals surface area (Å²) >= 11 is 0. The van der Waals surface area contributed by atoms with Gasteiger partial charge in [-0.25, -0.2) is 19.9 Å². The van der Waals surface area contributed by atoms with Gasteiger partial charge < -0.3 is 14.4 Å². The van der Waals surface area contributed by atoms with Gasteiger partial charge in [0.1, 0.15) is 12.4 Å². The predicted molar refractivity (Wildman–Crippen MR) is 91.5 cm³/mol. The van der Waals surface area contributed by atoms with E-state index >= 15 is 0 Å². The van der Waals surface area contributed by atoms with Crippen molar-refractivity contribution in [3.8, 4) is 6.01 Å². The highest BCUT2D eigenvalue weighted by Gasteiger charge is 2.42.